The van der Waals surface area contributed by atoms with Crippen molar-refractivity contribution in [3.05, 3.63) is 11.8 Å². The lowest BCUT2D eigenvalue weighted by molar-refractivity contribution is -0.485. The number of rotatable bonds is 2. The van der Waals surface area contributed by atoms with Gasteiger partial charge in [0.15, 0.2) is 0 Å². The average Bonchev–Trinajstić information content (AvgIpc) is 2.40. The molecule has 0 N–H and O–H groups in total. The third kappa shape index (κ3) is 2.77. The zero-order chi connectivity index (χ0) is 12.5. The topological polar surface area (TPSA) is 9.49 Å². The number of hydrogen-bond donors (Lipinski definition) is 0. The van der Waals surface area contributed by atoms with Crippen molar-refractivity contribution in [3.63, 3.8) is 0 Å². The molecule has 1 rings (SSSR count). The van der Waals surface area contributed by atoms with Crippen molar-refractivity contribution < 1.29 is 4.58 Å². The lowest BCUT2D eigenvalue weighted by atomic mass is 9.90. The molecule has 3 heteroatoms. The second kappa shape index (κ2) is 4.48. The van der Waals surface area contributed by atoms with E-state index in [2.05, 4.69) is 69.4 Å². The van der Waals surface area contributed by atoms with Gasteiger partial charge >= 0.3 is 0 Å². The molecule has 0 aromatic heterocycles. The summed E-state index contributed by atoms with van der Waals surface area (Å²) in [5.74, 6) is 1.32. The fraction of sp³-hybridized carbons (Fsp3) is 0.769. The molecule has 3 nitrogen and oxygen atoms in total. The van der Waals surface area contributed by atoms with Gasteiger partial charge in [-0.2, -0.15) is 0 Å². The Bertz CT molecular complexity index is 319. The van der Waals surface area contributed by atoms with E-state index in [-0.39, 0.29) is 5.41 Å². The largest absolute Gasteiger partial charge is 0.380 e. The molecule has 0 unspecified atom stereocenters. The maximum absolute atomic E-state index is 2.31. The SMILES string of the molecule is CN1CC[N+](C)=C1/C=C(/N(C)C)C(C)(C)C. The zero-order valence-corrected chi connectivity index (χ0v) is 11.8. The highest BCUT2D eigenvalue weighted by molar-refractivity contribution is 5.90. The van der Waals surface area contributed by atoms with Crippen LogP contribution < -0.4 is 0 Å². The fourth-order valence-electron chi connectivity index (χ4n) is 2.18. The summed E-state index contributed by atoms with van der Waals surface area (Å²) in [4.78, 5) is 4.53. The van der Waals surface area contributed by atoms with E-state index >= 15 is 0 Å². The minimum atomic E-state index is 0.181. The van der Waals surface area contributed by atoms with Crippen LogP contribution in [0.2, 0.25) is 0 Å². The Kier molecular flexibility index (Phi) is 3.66. The molecule has 0 aliphatic carbocycles. The Morgan fingerprint density at radius 2 is 1.94 bits per heavy atom. The molecule has 1 aliphatic heterocycles. The molecular formula is C13H26N3+. The van der Waals surface area contributed by atoms with Gasteiger partial charge in [-0.15, -0.1) is 0 Å². The molecule has 0 bridgehead atoms. The van der Waals surface area contributed by atoms with Gasteiger partial charge in [0.1, 0.15) is 13.1 Å². The Morgan fingerprint density at radius 1 is 1.38 bits per heavy atom. The minimum Gasteiger partial charge on any atom is -0.380 e. The number of hydrogen-bond acceptors (Lipinski definition) is 2. The van der Waals surface area contributed by atoms with Crippen molar-refractivity contribution >= 4 is 5.84 Å². The predicted molar refractivity (Wildman–Crippen MR) is 69.9 cm³/mol. The van der Waals surface area contributed by atoms with E-state index in [1.807, 2.05) is 0 Å². The molecule has 0 saturated heterocycles. The maximum Gasteiger partial charge on any atom is 0.273 e. The first-order valence-corrected chi connectivity index (χ1v) is 5.92. The number of likely N-dealkylation sites (N-methyl/N-ethyl adjacent to an activating group) is 2. The number of nitrogens with zero attached hydrogens (tertiary/aromatic N) is 3. The average molecular weight is 224 g/mol. The predicted octanol–water partition coefficient (Wildman–Crippen LogP) is 1.46. The zero-order valence-electron chi connectivity index (χ0n) is 11.8. The Hall–Kier alpha value is -0.990. The van der Waals surface area contributed by atoms with Gasteiger partial charge in [-0.3, -0.25) is 9.48 Å². The van der Waals surface area contributed by atoms with Gasteiger partial charge in [-0.1, -0.05) is 20.8 Å². The maximum atomic E-state index is 2.31. The third-order valence-electron chi connectivity index (χ3n) is 3.07. The molecule has 0 saturated carbocycles. The van der Waals surface area contributed by atoms with Crippen LogP contribution in [0.5, 0.6) is 0 Å². The Labute approximate surface area is 100 Å². The van der Waals surface area contributed by atoms with E-state index < -0.39 is 0 Å². The van der Waals surface area contributed by atoms with Crippen molar-refractivity contribution in [1.82, 2.24) is 9.80 Å². The van der Waals surface area contributed by atoms with E-state index in [1.54, 1.807) is 0 Å². The molecule has 0 spiro atoms. The Morgan fingerprint density at radius 3 is 2.25 bits per heavy atom. The first-order chi connectivity index (χ1) is 7.23. The molecule has 0 fully saturated rings. The normalized spacial score (nSPS) is 18.4. The second-order valence-electron chi connectivity index (χ2n) is 5.88. The quantitative estimate of drug-likeness (QED) is 0.657. The first kappa shape index (κ1) is 13.1. The highest BCUT2D eigenvalue weighted by Gasteiger charge is 2.27. The summed E-state index contributed by atoms with van der Waals surface area (Å²) >= 11 is 0. The van der Waals surface area contributed by atoms with E-state index in [1.165, 1.54) is 11.5 Å². The molecule has 1 heterocycles. The summed E-state index contributed by atoms with van der Waals surface area (Å²) in [6.07, 6.45) is 2.31. The molecule has 92 valence electrons. The van der Waals surface area contributed by atoms with Crippen molar-refractivity contribution in [2.45, 2.75) is 20.8 Å². The van der Waals surface area contributed by atoms with Crippen molar-refractivity contribution in [3.8, 4) is 0 Å². The van der Waals surface area contributed by atoms with Gasteiger partial charge in [0.25, 0.3) is 5.84 Å². The molecule has 0 amide bonds. The molecule has 0 radical (unpaired) electrons. The van der Waals surface area contributed by atoms with Gasteiger partial charge in [-0.25, -0.2) is 0 Å². The molecule has 0 aromatic rings. The van der Waals surface area contributed by atoms with Crippen LogP contribution >= 0.6 is 0 Å². The lowest BCUT2D eigenvalue weighted by Gasteiger charge is -2.29. The van der Waals surface area contributed by atoms with Crippen LogP contribution in [-0.4, -0.2) is 61.5 Å². The van der Waals surface area contributed by atoms with Crippen molar-refractivity contribution in [1.29, 1.82) is 0 Å². The molecule has 0 atom stereocenters. The smallest absolute Gasteiger partial charge is 0.273 e. The highest BCUT2D eigenvalue weighted by atomic mass is 15.3. The summed E-state index contributed by atoms with van der Waals surface area (Å²) in [7, 11) is 8.55. The Balaban J connectivity index is 3.09. The monoisotopic (exact) mass is 224 g/mol. The molecular weight excluding hydrogens is 198 g/mol. The second-order valence-corrected chi connectivity index (χ2v) is 5.88. The standard InChI is InChI=1S/C13H26N3/c1-13(2,3)11(14(4)5)10-12-15(6)8-9-16(12)7/h10H,8-9H2,1-7H3/q+1. The first-order valence-electron chi connectivity index (χ1n) is 5.92. The number of amidine groups is 1. The minimum absolute atomic E-state index is 0.181. The van der Waals surface area contributed by atoms with E-state index in [0.717, 1.165) is 13.1 Å². The van der Waals surface area contributed by atoms with Gasteiger partial charge in [-0.05, 0) is 0 Å². The van der Waals surface area contributed by atoms with Crippen LogP contribution in [0.4, 0.5) is 0 Å². The van der Waals surface area contributed by atoms with E-state index in [4.69, 9.17) is 0 Å². The van der Waals surface area contributed by atoms with Crippen molar-refractivity contribution in [2.24, 2.45) is 5.41 Å². The van der Waals surface area contributed by atoms with Gasteiger partial charge in [0, 0.05) is 31.3 Å². The van der Waals surface area contributed by atoms with Crippen LogP contribution in [0.25, 0.3) is 0 Å². The van der Waals surface area contributed by atoms with Crippen LogP contribution in [0.3, 0.4) is 0 Å². The van der Waals surface area contributed by atoms with Gasteiger partial charge < -0.3 is 4.90 Å². The molecule has 1 aliphatic rings. The van der Waals surface area contributed by atoms with Gasteiger partial charge in [0.05, 0.1) is 14.1 Å². The summed E-state index contributed by atoms with van der Waals surface area (Å²) in [6.45, 7) is 9.01. The summed E-state index contributed by atoms with van der Waals surface area (Å²) < 4.78 is 2.31. The van der Waals surface area contributed by atoms with Crippen molar-refractivity contribution in [2.75, 3.05) is 41.3 Å². The molecule has 16 heavy (non-hydrogen) atoms. The highest BCUT2D eigenvalue weighted by Crippen LogP contribution is 2.26. The number of allylic oxidation sites excluding steroid dienone is 1. The summed E-state index contributed by atoms with van der Waals surface area (Å²) in [5, 5.41) is 0. The van der Waals surface area contributed by atoms with Crippen LogP contribution in [0, 0.1) is 5.41 Å². The summed E-state index contributed by atoms with van der Waals surface area (Å²) in [5.41, 5.74) is 1.55. The van der Waals surface area contributed by atoms with Crippen LogP contribution in [-0.2, 0) is 0 Å². The molecule has 0 aromatic carbocycles. The lowest BCUT2D eigenvalue weighted by Crippen LogP contribution is -2.29. The third-order valence-corrected chi connectivity index (χ3v) is 3.07. The van der Waals surface area contributed by atoms with Crippen LogP contribution in [0.15, 0.2) is 11.8 Å². The fourth-order valence-corrected chi connectivity index (χ4v) is 2.18. The van der Waals surface area contributed by atoms with Gasteiger partial charge in [0.2, 0.25) is 0 Å². The summed E-state index contributed by atoms with van der Waals surface area (Å²) in [6, 6.07) is 0. The van der Waals surface area contributed by atoms with E-state index in [0.29, 0.717) is 0 Å². The van der Waals surface area contributed by atoms with E-state index in [9.17, 15) is 0 Å². The van der Waals surface area contributed by atoms with Crippen LogP contribution in [0.1, 0.15) is 20.8 Å².